The third-order valence-corrected chi connectivity index (χ3v) is 2.13. The highest BCUT2D eigenvalue weighted by atomic mass is 35.5. The molecule has 2 N–H and O–H groups in total. The minimum Gasteiger partial charge on any atom is -0.480 e. The lowest BCUT2D eigenvalue weighted by atomic mass is 10.1. The number of hydrogen-bond donors (Lipinski definition) is 2. The smallest absolute Gasteiger partial charge is 0.317 e. The molecule has 0 aromatic heterocycles. The van der Waals surface area contributed by atoms with Crippen LogP contribution in [0.15, 0.2) is 18.2 Å². The second-order valence-corrected chi connectivity index (χ2v) is 3.32. The minimum absolute atomic E-state index is 0.115. The van der Waals surface area contributed by atoms with Crippen molar-refractivity contribution in [1.29, 1.82) is 5.26 Å². The first-order chi connectivity index (χ1) is 7.13. The van der Waals surface area contributed by atoms with E-state index in [2.05, 4.69) is 5.32 Å². The highest BCUT2D eigenvalue weighted by molar-refractivity contribution is 6.31. The largest absolute Gasteiger partial charge is 0.480 e. The van der Waals surface area contributed by atoms with E-state index in [1.165, 1.54) is 0 Å². The van der Waals surface area contributed by atoms with Crippen LogP contribution < -0.4 is 5.32 Å². The topological polar surface area (TPSA) is 73.1 Å². The van der Waals surface area contributed by atoms with Crippen molar-refractivity contribution in [2.24, 2.45) is 0 Å². The molecule has 4 nitrogen and oxygen atoms in total. The van der Waals surface area contributed by atoms with Gasteiger partial charge in [0.15, 0.2) is 0 Å². The molecular weight excluding hydrogens is 216 g/mol. The monoisotopic (exact) mass is 224 g/mol. The number of aliphatic carboxylic acids is 1. The maximum absolute atomic E-state index is 10.2. The maximum atomic E-state index is 10.2. The molecule has 0 amide bonds. The fraction of sp³-hybridized carbons (Fsp3) is 0.200. The summed E-state index contributed by atoms with van der Waals surface area (Å²) < 4.78 is 0. The molecule has 0 atom stereocenters. The van der Waals surface area contributed by atoms with Crippen molar-refractivity contribution < 1.29 is 9.90 Å². The van der Waals surface area contributed by atoms with Crippen molar-refractivity contribution in [2.75, 3.05) is 6.54 Å². The summed E-state index contributed by atoms with van der Waals surface area (Å²) in [5.74, 6) is -0.917. The molecule has 0 aliphatic carbocycles. The number of nitriles is 1. The van der Waals surface area contributed by atoms with Crippen LogP contribution in [0, 0.1) is 11.3 Å². The molecule has 0 fully saturated rings. The van der Waals surface area contributed by atoms with Crippen molar-refractivity contribution in [3.05, 3.63) is 34.3 Å². The van der Waals surface area contributed by atoms with Gasteiger partial charge in [0.25, 0.3) is 0 Å². The first kappa shape index (κ1) is 11.5. The van der Waals surface area contributed by atoms with Gasteiger partial charge in [0, 0.05) is 11.6 Å². The van der Waals surface area contributed by atoms with Gasteiger partial charge in [-0.2, -0.15) is 5.26 Å². The normalized spacial score (nSPS) is 9.60. The molecule has 1 aromatic carbocycles. The highest BCUT2D eigenvalue weighted by Crippen LogP contribution is 2.17. The number of nitrogens with zero attached hydrogens (tertiary/aromatic N) is 1. The number of carbonyl (C=O) groups is 1. The average Bonchev–Trinajstić information content (AvgIpc) is 2.20. The molecule has 1 rings (SSSR count). The molecule has 0 saturated heterocycles. The first-order valence-corrected chi connectivity index (χ1v) is 4.62. The molecule has 0 aliphatic rings. The number of halogens is 1. The second kappa shape index (κ2) is 5.35. The van der Waals surface area contributed by atoms with Crippen LogP contribution in [0.4, 0.5) is 0 Å². The predicted molar refractivity (Wildman–Crippen MR) is 55.5 cm³/mol. The van der Waals surface area contributed by atoms with Gasteiger partial charge in [0.1, 0.15) is 0 Å². The Kier molecular flexibility index (Phi) is 4.10. The standard InChI is InChI=1S/C10H9ClN2O2/c11-9-3-7(4-12)1-2-8(9)5-13-6-10(14)15/h1-3,13H,5-6H2,(H,14,15). The summed E-state index contributed by atoms with van der Waals surface area (Å²) in [6.45, 7) is 0.257. The van der Waals surface area contributed by atoms with Crippen LogP contribution in [0.5, 0.6) is 0 Å². The lowest BCUT2D eigenvalue weighted by molar-refractivity contribution is -0.135. The van der Waals surface area contributed by atoms with Crippen LogP contribution in [-0.2, 0) is 11.3 Å². The Morgan fingerprint density at radius 1 is 1.60 bits per heavy atom. The summed E-state index contributed by atoms with van der Waals surface area (Å²) in [5.41, 5.74) is 1.26. The number of benzene rings is 1. The Morgan fingerprint density at radius 3 is 2.87 bits per heavy atom. The lowest BCUT2D eigenvalue weighted by Gasteiger charge is -2.04. The van der Waals surface area contributed by atoms with Crippen molar-refractivity contribution in [3.63, 3.8) is 0 Å². The van der Waals surface area contributed by atoms with Gasteiger partial charge >= 0.3 is 5.97 Å². The number of hydrogen-bond acceptors (Lipinski definition) is 3. The van der Waals surface area contributed by atoms with Gasteiger partial charge < -0.3 is 10.4 Å². The van der Waals surface area contributed by atoms with E-state index in [0.717, 1.165) is 5.56 Å². The number of nitrogens with one attached hydrogen (secondary N) is 1. The maximum Gasteiger partial charge on any atom is 0.317 e. The van der Waals surface area contributed by atoms with Crippen molar-refractivity contribution in [1.82, 2.24) is 5.32 Å². The van der Waals surface area contributed by atoms with Gasteiger partial charge in [-0.05, 0) is 17.7 Å². The van der Waals surface area contributed by atoms with E-state index in [4.69, 9.17) is 22.0 Å². The first-order valence-electron chi connectivity index (χ1n) is 4.24. The third-order valence-electron chi connectivity index (χ3n) is 1.77. The minimum atomic E-state index is -0.917. The number of carboxylic acid groups (broad SMARTS) is 1. The Hall–Kier alpha value is -1.57. The Balaban J connectivity index is 2.63. The van der Waals surface area contributed by atoms with E-state index in [1.807, 2.05) is 6.07 Å². The summed E-state index contributed by atoms with van der Waals surface area (Å²) in [5, 5.41) is 20.2. The van der Waals surface area contributed by atoms with Crippen molar-refractivity contribution in [2.45, 2.75) is 6.54 Å². The zero-order chi connectivity index (χ0) is 11.3. The summed E-state index contributed by atoms with van der Waals surface area (Å²) in [6, 6.07) is 6.87. The summed E-state index contributed by atoms with van der Waals surface area (Å²) in [6.07, 6.45) is 0. The fourth-order valence-corrected chi connectivity index (χ4v) is 1.31. The molecule has 0 heterocycles. The summed E-state index contributed by atoms with van der Waals surface area (Å²) in [4.78, 5) is 10.2. The summed E-state index contributed by atoms with van der Waals surface area (Å²) in [7, 11) is 0. The molecule has 1 aromatic rings. The van der Waals surface area contributed by atoms with E-state index in [-0.39, 0.29) is 6.54 Å². The molecule has 0 unspecified atom stereocenters. The van der Waals surface area contributed by atoms with E-state index in [1.54, 1.807) is 18.2 Å². The van der Waals surface area contributed by atoms with E-state index in [9.17, 15) is 4.79 Å². The van der Waals surface area contributed by atoms with Crippen molar-refractivity contribution in [3.8, 4) is 6.07 Å². The van der Waals surface area contributed by atoms with Gasteiger partial charge in [-0.1, -0.05) is 17.7 Å². The number of rotatable bonds is 4. The lowest BCUT2D eigenvalue weighted by Crippen LogP contribution is -2.21. The Bertz CT molecular complexity index is 412. The van der Waals surface area contributed by atoms with E-state index < -0.39 is 5.97 Å². The Labute approximate surface area is 92.1 Å². The third kappa shape index (κ3) is 3.58. The summed E-state index contributed by atoms with van der Waals surface area (Å²) >= 11 is 5.88. The predicted octanol–water partition coefficient (Wildman–Crippen LogP) is 1.39. The van der Waals surface area contributed by atoms with Gasteiger partial charge in [0.05, 0.1) is 18.2 Å². The second-order valence-electron chi connectivity index (χ2n) is 2.92. The van der Waals surface area contributed by atoms with Gasteiger partial charge in [0.2, 0.25) is 0 Å². The van der Waals surface area contributed by atoms with Gasteiger partial charge in [-0.15, -0.1) is 0 Å². The zero-order valence-electron chi connectivity index (χ0n) is 7.83. The Morgan fingerprint density at radius 2 is 2.33 bits per heavy atom. The molecule has 0 radical (unpaired) electrons. The van der Waals surface area contributed by atoms with Crippen LogP contribution in [0.3, 0.4) is 0 Å². The van der Waals surface area contributed by atoms with Crippen LogP contribution >= 0.6 is 11.6 Å². The zero-order valence-corrected chi connectivity index (χ0v) is 8.58. The van der Waals surface area contributed by atoms with E-state index in [0.29, 0.717) is 17.1 Å². The van der Waals surface area contributed by atoms with Gasteiger partial charge in [-0.25, -0.2) is 0 Å². The van der Waals surface area contributed by atoms with Gasteiger partial charge in [-0.3, -0.25) is 4.79 Å². The molecule has 15 heavy (non-hydrogen) atoms. The van der Waals surface area contributed by atoms with Crippen LogP contribution in [0.25, 0.3) is 0 Å². The molecule has 0 spiro atoms. The molecule has 0 saturated carbocycles. The van der Waals surface area contributed by atoms with Crippen LogP contribution in [-0.4, -0.2) is 17.6 Å². The molecule has 0 aliphatic heterocycles. The average molecular weight is 225 g/mol. The SMILES string of the molecule is N#Cc1ccc(CNCC(=O)O)c(Cl)c1. The molecule has 5 heteroatoms. The van der Waals surface area contributed by atoms with Crippen molar-refractivity contribution >= 4 is 17.6 Å². The van der Waals surface area contributed by atoms with Crippen LogP contribution in [0.2, 0.25) is 5.02 Å². The molecular formula is C10H9ClN2O2. The number of carboxylic acids is 1. The van der Waals surface area contributed by atoms with Crippen LogP contribution in [0.1, 0.15) is 11.1 Å². The highest BCUT2D eigenvalue weighted by Gasteiger charge is 2.02. The fourth-order valence-electron chi connectivity index (χ4n) is 1.06. The molecule has 78 valence electrons. The van der Waals surface area contributed by atoms with E-state index >= 15 is 0 Å². The molecule has 0 bridgehead atoms. The quantitative estimate of drug-likeness (QED) is 0.811.